The topological polar surface area (TPSA) is 68.2 Å². The second-order valence-corrected chi connectivity index (χ2v) is 6.44. The molecular weight excluding hydrogens is 336 g/mol. The maximum Gasteiger partial charge on any atom is 0.291 e. The van der Waals surface area contributed by atoms with Crippen LogP contribution in [0.4, 0.5) is 4.79 Å². The minimum Gasteiger partial charge on any atom is -0.313 e. The number of nitrogens with one attached hydrogen (secondary N) is 1. The smallest absolute Gasteiger partial charge is 0.291 e. The molecule has 1 amide bonds. The van der Waals surface area contributed by atoms with E-state index in [1.807, 2.05) is 42.5 Å². The van der Waals surface area contributed by atoms with E-state index in [-0.39, 0.29) is 22.0 Å². The van der Waals surface area contributed by atoms with Crippen molar-refractivity contribution in [3.63, 3.8) is 0 Å². The lowest BCUT2D eigenvalue weighted by atomic mass is 10.1. The summed E-state index contributed by atoms with van der Waals surface area (Å²) in [6.45, 7) is 0. The van der Waals surface area contributed by atoms with Crippen LogP contribution in [0.3, 0.4) is 0 Å². The molecule has 1 N–H and O–H groups in total. The van der Waals surface area contributed by atoms with Gasteiger partial charge in [0.25, 0.3) is 11.1 Å². The number of carbonyl (C=O) groups excluding carboxylic acids is 3. The van der Waals surface area contributed by atoms with Gasteiger partial charge in [-0.1, -0.05) is 30.3 Å². The van der Waals surface area contributed by atoms with Crippen LogP contribution in [0.1, 0.15) is 15.9 Å². The SMILES string of the molecule is O=C1NC(=Cc2cccc3c2ccn3C(=O)c2ccccc2)C(=O)S1. The highest BCUT2D eigenvalue weighted by molar-refractivity contribution is 8.27. The van der Waals surface area contributed by atoms with Crippen molar-refractivity contribution < 1.29 is 14.4 Å². The minimum absolute atomic E-state index is 0.124. The zero-order valence-electron chi connectivity index (χ0n) is 12.9. The fraction of sp³-hybridized carbons (Fsp3) is 0. The van der Waals surface area contributed by atoms with Crippen molar-refractivity contribution in [1.29, 1.82) is 0 Å². The number of rotatable bonds is 2. The number of carbonyl (C=O) groups is 3. The molecule has 2 heterocycles. The number of benzene rings is 2. The van der Waals surface area contributed by atoms with E-state index in [1.165, 1.54) is 0 Å². The molecule has 122 valence electrons. The van der Waals surface area contributed by atoms with E-state index in [4.69, 9.17) is 0 Å². The van der Waals surface area contributed by atoms with Crippen LogP contribution in [0.25, 0.3) is 17.0 Å². The molecule has 1 aromatic heterocycles. The Bertz CT molecular complexity index is 1050. The third kappa shape index (κ3) is 2.77. The number of aromatic nitrogens is 1. The maximum atomic E-state index is 12.7. The summed E-state index contributed by atoms with van der Waals surface area (Å²) in [6.07, 6.45) is 3.35. The standard InChI is InChI=1S/C19H12N2O3S/c22-17(12-5-2-1-3-6-12)21-10-9-14-13(7-4-8-16(14)21)11-15-18(23)25-19(24)20-15/h1-11H,(H,20,24). The first-order chi connectivity index (χ1) is 12.1. The number of hydrogen-bond donors (Lipinski definition) is 1. The third-order valence-corrected chi connectivity index (χ3v) is 4.64. The molecule has 6 heteroatoms. The van der Waals surface area contributed by atoms with Crippen LogP contribution in [0, 0.1) is 0 Å². The van der Waals surface area contributed by atoms with Gasteiger partial charge in [-0.05, 0) is 35.9 Å². The Kier molecular flexibility index (Phi) is 3.74. The summed E-state index contributed by atoms with van der Waals surface area (Å²) >= 11 is 0.644. The van der Waals surface area contributed by atoms with Crippen LogP contribution in [0.15, 0.2) is 66.5 Å². The van der Waals surface area contributed by atoms with Crippen molar-refractivity contribution in [2.24, 2.45) is 0 Å². The zero-order chi connectivity index (χ0) is 17.4. The highest BCUT2D eigenvalue weighted by Crippen LogP contribution is 2.26. The Labute approximate surface area is 147 Å². The van der Waals surface area contributed by atoms with Crippen LogP contribution in [-0.2, 0) is 4.79 Å². The van der Waals surface area contributed by atoms with Crippen molar-refractivity contribution >= 4 is 45.0 Å². The first-order valence-corrected chi connectivity index (χ1v) is 8.40. The van der Waals surface area contributed by atoms with Gasteiger partial charge in [-0.25, -0.2) is 0 Å². The Morgan fingerprint density at radius 2 is 1.80 bits per heavy atom. The highest BCUT2D eigenvalue weighted by Gasteiger charge is 2.25. The van der Waals surface area contributed by atoms with Crippen LogP contribution in [-0.4, -0.2) is 20.8 Å². The quantitative estimate of drug-likeness (QED) is 0.718. The van der Waals surface area contributed by atoms with Crippen molar-refractivity contribution in [2.75, 3.05) is 0 Å². The van der Waals surface area contributed by atoms with Gasteiger partial charge in [-0.2, -0.15) is 0 Å². The molecular formula is C19H12N2O3S. The summed E-state index contributed by atoms with van der Waals surface area (Å²) in [4.78, 5) is 35.8. The average Bonchev–Trinajstić information content (AvgIpc) is 3.19. The summed E-state index contributed by atoms with van der Waals surface area (Å²) in [5, 5.41) is 2.69. The van der Waals surface area contributed by atoms with Crippen molar-refractivity contribution in [3.05, 3.63) is 77.6 Å². The molecule has 1 saturated heterocycles. The van der Waals surface area contributed by atoms with E-state index < -0.39 is 0 Å². The molecule has 0 aliphatic carbocycles. The zero-order valence-corrected chi connectivity index (χ0v) is 13.7. The van der Waals surface area contributed by atoms with Gasteiger partial charge < -0.3 is 5.32 Å². The molecule has 0 spiro atoms. The van der Waals surface area contributed by atoms with E-state index in [0.717, 1.165) is 16.5 Å². The summed E-state index contributed by atoms with van der Waals surface area (Å²) in [5.41, 5.74) is 2.36. The van der Waals surface area contributed by atoms with E-state index in [0.29, 0.717) is 17.3 Å². The fourth-order valence-corrected chi connectivity index (χ4v) is 3.34. The minimum atomic E-state index is -0.375. The lowest BCUT2D eigenvalue weighted by Gasteiger charge is -2.05. The Morgan fingerprint density at radius 3 is 2.52 bits per heavy atom. The first-order valence-electron chi connectivity index (χ1n) is 7.58. The summed E-state index contributed by atoms with van der Waals surface area (Å²) in [5.74, 6) is -0.124. The van der Waals surface area contributed by atoms with Gasteiger partial charge in [0, 0.05) is 28.9 Å². The molecule has 1 fully saturated rings. The predicted octanol–water partition coefficient (Wildman–Crippen LogP) is 3.65. The van der Waals surface area contributed by atoms with Crippen molar-refractivity contribution in [2.45, 2.75) is 0 Å². The number of nitrogens with zero attached hydrogens (tertiary/aromatic N) is 1. The summed E-state index contributed by atoms with van der Waals surface area (Å²) in [7, 11) is 0. The Balaban J connectivity index is 1.79. The molecule has 0 radical (unpaired) electrons. The van der Waals surface area contributed by atoms with Gasteiger partial charge in [0.1, 0.15) is 0 Å². The molecule has 3 aromatic rings. The average molecular weight is 348 g/mol. The van der Waals surface area contributed by atoms with E-state index in [1.54, 1.807) is 29.0 Å². The van der Waals surface area contributed by atoms with E-state index in [2.05, 4.69) is 5.32 Å². The molecule has 0 unspecified atom stereocenters. The van der Waals surface area contributed by atoms with Gasteiger partial charge in [0.15, 0.2) is 0 Å². The molecule has 25 heavy (non-hydrogen) atoms. The predicted molar refractivity (Wildman–Crippen MR) is 97.2 cm³/mol. The number of amides is 1. The summed E-state index contributed by atoms with van der Waals surface area (Å²) < 4.78 is 1.58. The first kappa shape index (κ1) is 15.4. The van der Waals surface area contributed by atoms with Gasteiger partial charge in [0.2, 0.25) is 5.12 Å². The van der Waals surface area contributed by atoms with Crippen LogP contribution in [0.2, 0.25) is 0 Å². The van der Waals surface area contributed by atoms with Crippen molar-refractivity contribution in [1.82, 2.24) is 9.88 Å². The van der Waals surface area contributed by atoms with E-state index in [9.17, 15) is 14.4 Å². The number of fused-ring (bicyclic) bond motifs is 1. The molecule has 0 atom stereocenters. The van der Waals surface area contributed by atoms with Crippen LogP contribution < -0.4 is 5.32 Å². The molecule has 1 aliphatic heterocycles. The lowest BCUT2D eigenvalue weighted by Crippen LogP contribution is -2.11. The largest absolute Gasteiger partial charge is 0.313 e. The molecule has 1 aliphatic rings. The van der Waals surface area contributed by atoms with Gasteiger partial charge >= 0.3 is 0 Å². The molecule has 4 rings (SSSR count). The van der Waals surface area contributed by atoms with Crippen molar-refractivity contribution in [3.8, 4) is 0 Å². The second kappa shape index (κ2) is 6.07. The summed E-state index contributed by atoms with van der Waals surface area (Å²) in [6, 6.07) is 16.4. The van der Waals surface area contributed by atoms with E-state index >= 15 is 0 Å². The maximum absolute atomic E-state index is 12.7. The van der Waals surface area contributed by atoms with Gasteiger partial charge in [0.05, 0.1) is 11.2 Å². The highest BCUT2D eigenvalue weighted by atomic mass is 32.2. The third-order valence-electron chi connectivity index (χ3n) is 3.95. The lowest BCUT2D eigenvalue weighted by molar-refractivity contribution is -0.107. The van der Waals surface area contributed by atoms with Gasteiger partial charge in [-0.3, -0.25) is 19.0 Å². The fourth-order valence-electron chi connectivity index (χ4n) is 2.79. The normalized spacial score (nSPS) is 15.8. The van der Waals surface area contributed by atoms with Crippen LogP contribution in [0.5, 0.6) is 0 Å². The molecule has 0 bridgehead atoms. The molecule has 5 nitrogen and oxygen atoms in total. The molecule has 2 aromatic carbocycles. The molecule has 0 saturated carbocycles. The number of thioether (sulfide) groups is 1. The Morgan fingerprint density at radius 1 is 1.00 bits per heavy atom. The Hall–Kier alpha value is -3.12. The number of hydrogen-bond acceptors (Lipinski definition) is 4. The van der Waals surface area contributed by atoms with Crippen LogP contribution >= 0.6 is 11.8 Å². The van der Waals surface area contributed by atoms with Gasteiger partial charge in [-0.15, -0.1) is 0 Å². The monoisotopic (exact) mass is 348 g/mol. The second-order valence-electron chi connectivity index (χ2n) is 5.50.